The number of hydrogen-bond donors (Lipinski definition) is 0. The van der Waals surface area contributed by atoms with E-state index in [1.165, 1.54) is 0 Å². The number of Topliss-reactive ketones (excluding diaryl/α,β-unsaturated/α-hetero) is 1. The highest BCUT2D eigenvalue weighted by atomic mass is 79.9. The Labute approximate surface area is 138 Å². The second kappa shape index (κ2) is 6.67. The van der Waals surface area contributed by atoms with Gasteiger partial charge in [0.05, 0.1) is 4.47 Å². The standard InChI is InChI=1S/C16H17BrClNO2/c1-4-19-10(2)7-13(11(19)3)15(20)9-21-16-6-5-12(18)8-14(16)17/h5-8H,4,9H2,1-3H3. The van der Waals surface area contributed by atoms with Gasteiger partial charge in [-0.25, -0.2) is 0 Å². The minimum Gasteiger partial charge on any atom is -0.484 e. The van der Waals surface area contributed by atoms with E-state index in [1.807, 2.05) is 19.9 Å². The summed E-state index contributed by atoms with van der Waals surface area (Å²) in [7, 11) is 0. The van der Waals surface area contributed by atoms with Crippen LogP contribution in [0.25, 0.3) is 0 Å². The molecular formula is C16H17BrClNO2. The molecule has 0 bridgehead atoms. The van der Waals surface area contributed by atoms with Crippen LogP contribution in [0.4, 0.5) is 0 Å². The molecule has 1 aromatic heterocycles. The molecule has 2 aromatic rings. The van der Waals surface area contributed by atoms with Crippen LogP contribution in [-0.4, -0.2) is 17.0 Å². The summed E-state index contributed by atoms with van der Waals surface area (Å²) < 4.78 is 8.44. The molecule has 0 fully saturated rings. The van der Waals surface area contributed by atoms with Crippen LogP contribution in [0.3, 0.4) is 0 Å². The summed E-state index contributed by atoms with van der Waals surface area (Å²) >= 11 is 9.25. The molecule has 0 unspecified atom stereocenters. The number of ether oxygens (including phenoxy) is 1. The summed E-state index contributed by atoms with van der Waals surface area (Å²) in [5, 5.41) is 0.618. The monoisotopic (exact) mass is 369 g/mol. The first kappa shape index (κ1) is 16.1. The Morgan fingerprint density at radius 2 is 2.05 bits per heavy atom. The second-order valence-corrected chi connectivity index (χ2v) is 6.11. The van der Waals surface area contributed by atoms with Gasteiger partial charge in [-0.2, -0.15) is 0 Å². The van der Waals surface area contributed by atoms with Crippen molar-refractivity contribution in [2.24, 2.45) is 0 Å². The van der Waals surface area contributed by atoms with Gasteiger partial charge in [-0.15, -0.1) is 0 Å². The van der Waals surface area contributed by atoms with Crippen LogP contribution in [0.1, 0.15) is 28.7 Å². The van der Waals surface area contributed by atoms with Crippen molar-refractivity contribution in [2.45, 2.75) is 27.3 Å². The third kappa shape index (κ3) is 3.50. The summed E-state index contributed by atoms with van der Waals surface area (Å²) in [6.45, 7) is 6.89. The molecule has 5 heteroatoms. The normalized spacial score (nSPS) is 10.7. The zero-order valence-corrected chi connectivity index (χ0v) is 14.6. The Morgan fingerprint density at radius 3 is 2.62 bits per heavy atom. The molecule has 0 amide bonds. The number of rotatable bonds is 5. The van der Waals surface area contributed by atoms with Crippen LogP contribution in [0.15, 0.2) is 28.7 Å². The number of aryl methyl sites for hydroxylation is 1. The Kier molecular flexibility index (Phi) is 5.12. The van der Waals surface area contributed by atoms with Crippen molar-refractivity contribution in [3.8, 4) is 5.75 Å². The molecule has 0 aliphatic heterocycles. The Bertz CT molecular complexity index is 679. The van der Waals surface area contributed by atoms with Crippen molar-refractivity contribution in [1.82, 2.24) is 4.57 Å². The van der Waals surface area contributed by atoms with Crippen LogP contribution in [-0.2, 0) is 6.54 Å². The third-order valence-electron chi connectivity index (χ3n) is 3.44. The molecule has 1 aromatic carbocycles. The van der Waals surface area contributed by atoms with E-state index in [9.17, 15) is 4.79 Å². The first-order valence-corrected chi connectivity index (χ1v) is 7.89. The van der Waals surface area contributed by atoms with E-state index in [2.05, 4.69) is 27.4 Å². The van der Waals surface area contributed by atoms with E-state index in [4.69, 9.17) is 16.3 Å². The molecule has 112 valence electrons. The van der Waals surface area contributed by atoms with Gasteiger partial charge < -0.3 is 9.30 Å². The third-order valence-corrected chi connectivity index (χ3v) is 4.30. The predicted molar refractivity (Wildman–Crippen MR) is 88.6 cm³/mol. The van der Waals surface area contributed by atoms with Crippen LogP contribution in [0.5, 0.6) is 5.75 Å². The lowest BCUT2D eigenvalue weighted by Gasteiger charge is -2.08. The van der Waals surface area contributed by atoms with Gasteiger partial charge in [0, 0.05) is 28.5 Å². The molecule has 21 heavy (non-hydrogen) atoms. The number of carbonyl (C=O) groups excluding carboxylic acids is 1. The topological polar surface area (TPSA) is 31.2 Å². The summed E-state index contributed by atoms with van der Waals surface area (Å²) in [6, 6.07) is 7.13. The molecule has 0 N–H and O–H groups in total. The molecule has 0 radical (unpaired) electrons. The Morgan fingerprint density at radius 1 is 1.33 bits per heavy atom. The van der Waals surface area contributed by atoms with Crippen molar-refractivity contribution in [2.75, 3.05) is 6.61 Å². The number of ketones is 1. The number of benzene rings is 1. The summed E-state index contributed by atoms with van der Waals surface area (Å²) in [6.07, 6.45) is 0. The Hall–Kier alpha value is -1.26. The number of nitrogens with zero attached hydrogens (tertiary/aromatic N) is 1. The van der Waals surface area contributed by atoms with Gasteiger partial charge in [0.15, 0.2) is 6.61 Å². The minimum absolute atomic E-state index is 0.00817. The van der Waals surface area contributed by atoms with E-state index < -0.39 is 0 Å². The van der Waals surface area contributed by atoms with E-state index in [0.717, 1.165) is 28.0 Å². The maximum absolute atomic E-state index is 12.3. The molecule has 0 saturated carbocycles. The van der Waals surface area contributed by atoms with Crippen molar-refractivity contribution < 1.29 is 9.53 Å². The first-order valence-electron chi connectivity index (χ1n) is 6.71. The number of carbonyl (C=O) groups is 1. The van der Waals surface area contributed by atoms with E-state index in [-0.39, 0.29) is 12.4 Å². The van der Waals surface area contributed by atoms with Crippen molar-refractivity contribution in [3.63, 3.8) is 0 Å². The molecule has 1 heterocycles. The van der Waals surface area contributed by atoms with E-state index in [1.54, 1.807) is 18.2 Å². The number of hydrogen-bond acceptors (Lipinski definition) is 2. The lowest BCUT2D eigenvalue weighted by atomic mass is 10.1. The maximum atomic E-state index is 12.3. The highest BCUT2D eigenvalue weighted by Gasteiger charge is 2.16. The van der Waals surface area contributed by atoms with Crippen molar-refractivity contribution >= 4 is 33.3 Å². The van der Waals surface area contributed by atoms with E-state index >= 15 is 0 Å². The van der Waals surface area contributed by atoms with E-state index in [0.29, 0.717) is 10.8 Å². The lowest BCUT2D eigenvalue weighted by molar-refractivity contribution is 0.0920. The van der Waals surface area contributed by atoms with Gasteiger partial charge in [-0.05, 0) is 61.0 Å². The lowest BCUT2D eigenvalue weighted by Crippen LogP contribution is -2.13. The summed E-state index contributed by atoms with van der Waals surface area (Å²) in [5.74, 6) is 0.585. The SMILES string of the molecule is CCn1c(C)cc(C(=O)COc2ccc(Cl)cc2Br)c1C. The fourth-order valence-electron chi connectivity index (χ4n) is 2.38. The smallest absolute Gasteiger partial charge is 0.202 e. The highest BCUT2D eigenvalue weighted by molar-refractivity contribution is 9.10. The Balaban J connectivity index is 2.12. The number of halogens is 2. The second-order valence-electron chi connectivity index (χ2n) is 4.82. The van der Waals surface area contributed by atoms with Crippen LogP contribution < -0.4 is 4.74 Å². The van der Waals surface area contributed by atoms with Crippen LogP contribution in [0.2, 0.25) is 5.02 Å². The fourth-order valence-corrected chi connectivity index (χ4v) is 3.18. The first-order chi connectivity index (χ1) is 9.93. The average molecular weight is 371 g/mol. The largest absolute Gasteiger partial charge is 0.484 e. The molecule has 0 saturated heterocycles. The molecule has 0 spiro atoms. The highest BCUT2D eigenvalue weighted by Crippen LogP contribution is 2.28. The number of aromatic nitrogens is 1. The quantitative estimate of drug-likeness (QED) is 0.708. The van der Waals surface area contributed by atoms with Gasteiger partial charge in [0.25, 0.3) is 0 Å². The van der Waals surface area contributed by atoms with Crippen molar-refractivity contribution in [1.29, 1.82) is 0 Å². The molecule has 3 nitrogen and oxygen atoms in total. The van der Waals surface area contributed by atoms with Gasteiger partial charge >= 0.3 is 0 Å². The van der Waals surface area contributed by atoms with Gasteiger partial charge in [-0.1, -0.05) is 11.6 Å². The fraction of sp³-hybridized carbons (Fsp3) is 0.312. The van der Waals surface area contributed by atoms with Gasteiger partial charge in [0.2, 0.25) is 5.78 Å². The maximum Gasteiger partial charge on any atom is 0.202 e. The predicted octanol–water partition coefficient (Wildman–Crippen LogP) is 4.80. The molecule has 0 aliphatic rings. The zero-order chi connectivity index (χ0) is 15.6. The molecular weight excluding hydrogens is 354 g/mol. The zero-order valence-electron chi connectivity index (χ0n) is 12.2. The van der Waals surface area contributed by atoms with Gasteiger partial charge in [0.1, 0.15) is 5.75 Å². The molecule has 0 aliphatic carbocycles. The molecule has 2 rings (SSSR count). The summed E-state index contributed by atoms with van der Waals surface area (Å²) in [4.78, 5) is 12.3. The van der Waals surface area contributed by atoms with Crippen LogP contribution >= 0.6 is 27.5 Å². The summed E-state index contributed by atoms with van der Waals surface area (Å²) in [5.41, 5.74) is 2.80. The van der Waals surface area contributed by atoms with Crippen LogP contribution in [0, 0.1) is 13.8 Å². The minimum atomic E-state index is -0.0235. The van der Waals surface area contributed by atoms with Gasteiger partial charge in [-0.3, -0.25) is 4.79 Å². The molecule has 0 atom stereocenters. The average Bonchev–Trinajstić information content (AvgIpc) is 2.72. The van der Waals surface area contributed by atoms with Crippen molar-refractivity contribution in [3.05, 3.63) is 50.7 Å².